The molecule has 0 aliphatic heterocycles. The molecule has 106 valence electrons. The molecule has 2 heteroatoms. The zero-order chi connectivity index (χ0) is 13.0. The zero-order valence-corrected chi connectivity index (χ0v) is 12.7. The molecule has 2 fully saturated rings. The van der Waals surface area contributed by atoms with Crippen LogP contribution in [0.4, 0.5) is 0 Å². The van der Waals surface area contributed by atoms with Gasteiger partial charge in [0, 0.05) is 12.1 Å². The summed E-state index contributed by atoms with van der Waals surface area (Å²) >= 11 is 0. The van der Waals surface area contributed by atoms with Gasteiger partial charge in [-0.2, -0.15) is 0 Å². The Labute approximate surface area is 114 Å². The van der Waals surface area contributed by atoms with Crippen LogP contribution in [0.3, 0.4) is 0 Å². The third kappa shape index (κ3) is 4.89. The lowest BCUT2D eigenvalue weighted by Crippen LogP contribution is -2.37. The third-order valence-electron chi connectivity index (χ3n) is 4.88. The van der Waals surface area contributed by atoms with Crippen molar-refractivity contribution in [3.8, 4) is 0 Å². The first-order chi connectivity index (χ1) is 8.57. The summed E-state index contributed by atoms with van der Waals surface area (Å²) in [7, 11) is 2.33. The molecule has 0 spiro atoms. The first-order valence-corrected chi connectivity index (χ1v) is 8.00. The number of nitrogens with one attached hydrogen (secondary N) is 1. The van der Waals surface area contributed by atoms with E-state index in [1.807, 2.05) is 0 Å². The van der Waals surface area contributed by atoms with Crippen molar-refractivity contribution < 1.29 is 0 Å². The summed E-state index contributed by atoms with van der Waals surface area (Å²) in [6.45, 7) is 7.37. The molecule has 0 saturated heterocycles. The van der Waals surface area contributed by atoms with E-state index in [0.29, 0.717) is 5.41 Å². The summed E-state index contributed by atoms with van der Waals surface area (Å²) in [5, 5.41) is 3.60. The van der Waals surface area contributed by atoms with Gasteiger partial charge < -0.3 is 10.2 Å². The van der Waals surface area contributed by atoms with Gasteiger partial charge in [-0.25, -0.2) is 0 Å². The Morgan fingerprint density at radius 3 is 2.33 bits per heavy atom. The highest BCUT2D eigenvalue weighted by atomic mass is 15.1. The number of rotatable bonds is 7. The van der Waals surface area contributed by atoms with Crippen molar-refractivity contribution in [2.75, 3.05) is 20.1 Å². The predicted octanol–water partition coefficient (Wildman–Crippen LogP) is 3.42. The van der Waals surface area contributed by atoms with Crippen LogP contribution in [0.1, 0.15) is 65.2 Å². The summed E-state index contributed by atoms with van der Waals surface area (Å²) in [6.07, 6.45) is 11.2. The Morgan fingerprint density at radius 2 is 1.72 bits per heavy atom. The molecule has 2 saturated carbocycles. The third-order valence-corrected chi connectivity index (χ3v) is 4.88. The van der Waals surface area contributed by atoms with Crippen LogP contribution in [-0.2, 0) is 0 Å². The molecule has 2 aliphatic carbocycles. The molecule has 0 unspecified atom stereocenters. The molecule has 0 heterocycles. The van der Waals surface area contributed by atoms with Gasteiger partial charge in [-0.1, -0.05) is 13.8 Å². The van der Waals surface area contributed by atoms with Gasteiger partial charge in [-0.15, -0.1) is 0 Å². The van der Waals surface area contributed by atoms with E-state index in [1.165, 1.54) is 64.5 Å². The quantitative estimate of drug-likeness (QED) is 0.698. The Morgan fingerprint density at radius 1 is 1.06 bits per heavy atom. The van der Waals surface area contributed by atoms with E-state index in [2.05, 4.69) is 31.1 Å². The first-order valence-electron chi connectivity index (χ1n) is 8.00. The highest BCUT2D eigenvalue weighted by Gasteiger charge is 2.28. The van der Waals surface area contributed by atoms with Gasteiger partial charge in [-0.05, 0) is 76.9 Å². The molecule has 1 N–H and O–H groups in total. The maximum Gasteiger partial charge on any atom is 0.00926 e. The van der Waals surface area contributed by atoms with Crippen LogP contribution in [-0.4, -0.2) is 37.1 Å². The van der Waals surface area contributed by atoms with E-state index >= 15 is 0 Å². The van der Waals surface area contributed by atoms with Crippen molar-refractivity contribution in [2.24, 2.45) is 5.41 Å². The van der Waals surface area contributed by atoms with E-state index in [1.54, 1.807) is 0 Å². The monoisotopic (exact) mass is 252 g/mol. The number of hydrogen-bond donors (Lipinski definition) is 1. The minimum atomic E-state index is 0.603. The Kier molecular flexibility index (Phi) is 5.08. The number of nitrogens with zero attached hydrogens (tertiary/aromatic N) is 1. The lowest BCUT2D eigenvalue weighted by molar-refractivity contribution is 0.126. The van der Waals surface area contributed by atoms with Crippen molar-refractivity contribution >= 4 is 0 Å². The molecular weight excluding hydrogens is 220 g/mol. The zero-order valence-electron chi connectivity index (χ0n) is 12.7. The fourth-order valence-electron chi connectivity index (χ4n) is 3.09. The van der Waals surface area contributed by atoms with Gasteiger partial charge in [0.2, 0.25) is 0 Å². The molecule has 18 heavy (non-hydrogen) atoms. The minimum absolute atomic E-state index is 0.603. The highest BCUT2D eigenvalue weighted by Crippen LogP contribution is 2.36. The highest BCUT2D eigenvalue weighted by molar-refractivity contribution is 4.83. The van der Waals surface area contributed by atoms with E-state index in [-0.39, 0.29) is 0 Å². The maximum absolute atomic E-state index is 3.60. The normalized spacial score (nSPS) is 24.7. The molecule has 0 aromatic carbocycles. The SMILES string of the molecule is CN(CCCCNC1CC1)C1CCC(C)(C)CC1. The largest absolute Gasteiger partial charge is 0.314 e. The smallest absolute Gasteiger partial charge is 0.00926 e. The van der Waals surface area contributed by atoms with Crippen LogP contribution < -0.4 is 5.32 Å². The van der Waals surface area contributed by atoms with Crippen LogP contribution in [0.5, 0.6) is 0 Å². The van der Waals surface area contributed by atoms with Gasteiger partial charge in [0.1, 0.15) is 0 Å². The molecule has 2 aliphatic rings. The van der Waals surface area contributed by atoms with Crippen molar-refractivity contribution in [3.05, 3.63) is 0 Å². The van der Waals surface area contributed by atoms with Gasteiger partial charge in [-0.3, -0.25) is 0 Å². The Hall–Kier alpha value is -0.0800. The fourth-order valence-corrected chi connectivity index (χ4v) is 3.09. The van der Waals surface area contributed by atoms with Crippen LogP contribution in [0.2, 0.25) is 0 Å². The van der Waals surface area contributed by atoms with Crippen LogP contribution in [0.15, 0.2) is 0 Å². The van der Waals surface area contributed by atoms with Crippen LogP contribution in [0.25, 0.3) is 0 Å². The predicted molar refractivity (Wildman–Crippen MR) is 78.9 cm³/mol. The summed E-state index contributed by atoms with van der Waals surface area (Å²) in [5.74, 6) is 0. The minimum Gasteiger partial charge on any atom is -0.314 e. The topological polar surface area (TPSA) is 15.3 Å². The van der Waals surface area contributed by atoms with Gasteiger partial charge in [0.05, 0.1) is 0 Å². The van der Waals surface area contributed by atoms with Crippen molar-refractivity contribution in [3.63, 3.8) is 0 Å². The standard InChI is InChI=1S/C16H32N2/c1-16(2)10-8-15(9-11-16)18(3)13-5-4-12-17-14-6-7-14/h14-15,17H,4-13H2,1-3H3. The molecule has 2 nitrogen and oxygen atoms in total. The van der Waals surface area contributed by atoms with E-state index in [4.69, 9.17) is 0 Å². The molecular formula is C16H32N2. The van der Waals surface area contributed by atoms with Crippen molar-refractivity contribution in [2.45, 2.75) is 77.3 Å². The average molecular weight is 252 g/mol. The Bertz CT molecular complexity index is 235. The van der Waals surface area contributed by atoms with Crippen LogP contribution in [0, 0.1) is 5.41 Å². The summed E-state index contributed by atoms with van der Waals surface area (Å²) in [5.41, 5.74) is 0.603. The summed E-state index contributed by atoms with van der Waals surface area (Å²) in [4.78, 5) is 2.62. The van der Waals surface area contributed by atoms with Crippen molar-refractivity contribution in [1.29, 1.82) is 0 Å². The molecule has 0 radical (unpaired) electrons. The molecule has 0 aromatic rings. The summed E-state index contributed by atoms with van der Waals surface area (Å²) < 4.78 is 0. The number of unbranched alkanes of at least 4 members (excludes halogenated alkanes) is 1. The molecule has 0 bridgehead atoms. The van der Waals surface area contributed by atoms with Gasteiger partial charge >= 0.3 is 0 Å². The molecule has 2 rings (SSSR count). The lowest BCUT2D eigenvalue weighted by atomic mass is 9.75. The fraction of sp³-hybridized carbons (Fsp3) is 1.00. The van der Waals surface area contributed by atoms with E-state index in [9.17, 15) is 0 Å². The van der Waals surface area contributed by atoms with Gasteiger partial charge in [0.15, 0.2) is 0 Å². The molecule has 0 atom stereocenters. The van der Waals surface area contributed by atoms with E-state index in [0.717, 1.165) is 12.1 Å². The second-order valence-corrected chi connectivity index (χ2v) is 7.31. The summed E-state index contributed by atoms with van der Waals surface area (Å²) in [6, 6.07) is 1.73. The average Bonchev–Trinajstić information content (AvgIpc) is 3.12. The second kappa shape index (κ2) is 6.38. The Balaban J connectivity index is 1.52. The van der Waals surface area contributed by atoms with Crippen LogP contribution >= 0.6 is 0 Å². The second-order valence-electron chi connectivity index (χ2n) is 7.31. The number of hydrogen-bond acceptors (Lipinski definition) is 2. The van der Waals surface area contributed by atoms with Gasteiger partial charge in [0.25, 0.3) is 0 Å². The first kappa shape index (κ1) is 14.3. The van der Waals surface area contributed by atoms with E-state index < -0.39 is 0 Å². The molecule has 0 amide bonds. The maximum atomic E-state index is 3.60. The molecule has 0 aromatic heterocycles. The van der Waals surface area contributed by atoms with Crippen molar-refractivity contribution in [1.82, 2.24) is 10.2 Å². The lowest BCUT2D eigenvalue weighted by Gasteiger charge is -2.38.